The van der Waals surface area contributed by atoms with Gasteiger partial charge in [0.1, 0.15) is 18.8 Å². The van der Waals surface area contributed by atoms with E-state index in [-0.39, 0.29) is 0 Å². The first-order valence-corrected chi connectivity index (χ1v) is 6.12. The molecule has 0 unspecified atom stereocenters. The van der Waals surface area contributed by atoms with Gasteiger partial charge in [-0.3, -0.25) is 14.6 Å². The Kier molecular flexibility index (Phi) is 4.22. The van der Waals surface area contributed by atoms with E-state index >= 15 is 0 Å². The summed E-state index contributed by atoms with van der Waals surface area (Å²) in [6, 6.07) is 6.88. The second-order valence-electron chi connectivity index (χ2n) is 4.37. The lowest BCUT2D eigenvalue weighted by molar-refractivity contribution is -0.136. The summed E-state index contributed by atoms with van der Waals surface area (Å²) in [5, 5.41) is 18.7. The molecule has 0 aliphatic heterocycles. The zero-order chi connectivity index (χ0) is 15.4. The van der Waals surface area contributed by atoms with Crippen LogP contribution in [0.5, 0.6) is 5.75 Å². The fourth-order valence-electron chi connectivity index (χ4n) is 2.06. The van der Waals surface area contributed by atoms with Gasteiger partial charge in [-0.1, -0.05) is 6.07 Å². The molecule has 0 atom stereocenters. The van der Waals surface area contributed by atoms with E-state index < -0.39 is 25.0 Å². The second-order valence-corrected chi connectivity index (χ2v) is 4.37. The minimum absolute atomic E-state index is 0.412. The number of pyridine rings is 1. The zero-order valence-corrected chi connectivity index (χ0v) is 11.3. The van der Waals surface area contributed by atoms with Crippen molar-refractivity contribution in [3.8, 4) is 5.75 Å². The van der Waals surface area contributed by atoms with Crippen molar-refractivity contribution >= 4 is 28.5 Å². The van der Waals surface area contributed by atoms with Crippen LogP contribution < -0.4 is 9.64 Å². The van der Waals surface area contributed by atoms with Crippen LogP contribution in [0, 0.1) is 0 Å². The lowest BCUT2D eigenvalue weighted by Gasteiger charge is -2.22. The number of ether oxygens (including phenoxy) is 1. The summed E-state index contributed by atoms with van der Waals surface area (Å²) in [5.74, 6) is -1.74. The van der Waals surface area contributed by atoms with E-state index in [1.54, 1.807) is 30.5 Å². The average molecular weight is 290 g/mol. The Morgan fingerprint density at radius 3 is 2.48 bits per heavy atom. The Morgan fingerprint density at radius 2 is 1.90 bits per heavy atom. The molecular formula is C14H14N2O5. The molecule has 1 aromatic heterocycles. The van der Waals surface area contributed by atoms with Gasteiger partial charge in [0, 0.05) is 17.6 Å². The number of hydrogen-bond donors (Lipinski definition) is 2. The van der Waals surface area contributed by atoms with Crippen molar-refractivity contribution in [1.82, 2.24) is 4.98 Å². The SMILES string of the molecule is COc1cc(N(CC(=O)O)CC(=O)O)c2ncccc2c1. The number of carbonyl (C=O) groups is 2. The maximum Gasteiger partial charge on any atom is 0.323 e. The molecule has 0 aliphatic carbocycles. The fourth-order valence-corrected chi connectivity index (χ4v) is 2.06. The van der Waals surface area contributed by atoms with Gasteiger partial charge in [0.25, 0.3) is 0 Å². The molecule has 2 rings (SSSR count). The van der Waals surface area contributed by atoms with Crippen LogP contribution in [0.15, 0.2) is 30.5 Å². The Balaban J connectivity index is 2.58. The number of anilines is 1. The highest BCUT2D eigenvalue weighted by Gasteiger charge is 2.18. The number of fused-ring (bicyclic) bond motifs is 1. The molecule has 0 aliphatic rings. The zero-order valence-electron chi connectivity index (χ0n) is 11.3. The molecule has 0 bridgehead atoms. The summed E-state index contributed by atoms with van der Waals surface area (Å²) in [4.78, 5) is 27.4. The van der Waals surface area contributed by atoms with Gasteiger partial charge in [0.2, 0.25) is 0 Å². The topological polar surface area (TPSA) is 100.0 Å². The molecule has 2 N–H and O–H groups in total. The smallest absolute Gasteiger partial charge is 0.323 e. The van der Waals surface area contributed by atoms with Crippen LogP contribution in [-0.4, -0.2) is 47.3 Å². The van der Waals surface area contributed by atoms with Gasteiger partial charge in [-0.25, -0.2) is 0 Å². The van der Waals surface area contributed by atoms with Crippen molar-refractivity contribution in [3.05, 3.63) is 30.5 Å². The first kappa shape index (κ1) is 14.6. The highest BCUT2D eigenvalue weighted by atomic mass is 16.5. The number of carboxylic acids is 2. The molecule has 2 aromatic rings. The predicted octanol–water partition coefficient (Wildman–Crippen LogP) is 1.22. The summed E-state index contributed by atoms with van der Waals surface area (Å²) in [5.41, 5.74) is 0.940. The summed E-state index contributed by atoms with van der Waals surface area (Å²) in [6.45, 7) is -0.879. The molecule has 21 heavy (non-hydrogen) atoms. The minimum Gasteiger partial charge on any atom is -0.497 e. The number of carboxylic acid groups (broad SMARTS) is 2. The van der Waals surface area contributed by atoms with Crippen LogP contribution in [0.25, 0.3) is 10.9 Å². The van der Waals surface area contributed by atoms with E-state index in [1.807, 2.05) is 0 Å². The predicted molar refractivity (Wildman–Crippen MR) is 75.8 cm³/mol. The molecule has 0 radical (unpaired) electrons. The van der Waals surface area contributed by atoms with Crippen LogP contribution in [0.1, 0.15) is 0 Å². The molecule has 0 saturated carbocycles. The third-order valence-corrected chi connectivity index (χ3v) is 2.89. The summed E-state index contributed by atoms with van der Waals surface area (Å²) in [7, 11) is 1.49. The van der Waals surface area contributed by atoms with Gasteiger partial charge in [0.15, 0.2) is 0 Å². The number of methoxy groups -OCH3 is 1. The van der Waals surface area contributed by atoms with Crippen LogP contribution in [0.3, 0.4) is 0 Å². The molecular weight excluding hydrogens is 276 g/mol. The maximum atomic E-state index is 11.0. The van der Waals surface area contributed by atoms with E-state index in [0.29, 0.717) is 17.0 Å². The number of hydrogen-bond acceptors (Lipinski definition) is 5. The molecule has 110 valence electrons. The number of aromatic nitrogens is 1. The van der Waals surface area contributed by atoms with Gasteiger partial charge >= 0.3 is 11.9 Å². The lowest BCUT2D eigenvalue weighted by Crippen LogP contribution is -2.34. The van der Waals surface area contributed by atoms with Crippen molar-refractivity contribution in [2.45, 2.75) is 0 Å². The Labute approximate surface area is 120 Å². The van der Waals surface area contributed by atoms with Crippen molar-refractivity contribution in [2.75, 3.05) is 25.1 Å². The Morgan fingerprint density at radius 1 is 1.24 bits per heavy atom. The van der Waals surface area contributed by atoms with E-state index in [2.05, 4.69) is 4.98 Å². The first-order valence-electron chi connectivity index (χ1n) is 6.12. The van der Waals surface area contributed by atoms with E-state index in [9.17, 15) is 9.59 Å². The normalized spacial score (nSPS) is 10.3. The molecule has 0 saturated heterocycles. The summed E-state index contributed by atoms with van der Waals surface area (Å²) in [6.07, 6.45) is 1.57. The second kappa shape index (κ2) is 6.08. The first-order chi connectivity index (χ1) is 10.0. The fraction of sp³-hybridized carbons (Fsp3) is 0.214. The minimum atomic E-state index is -1.12. The van der Waals surface area contributed by atoms with Crippen molar-refractivity contribution < 1.29 is 24.5 Å². The van der Waals surface area contributed by atoms with Gasteiger partial charge < -0.3 is 19.8 Å². The van der Waals surface area contributed by atoms with Crippen LogP contribution in [-0.2, 0) is 9.59 Å². The number of rotatable bonds is 6. The van der Waals surface area contributed by atoms with Crippen LogP contribution in [0.2, 0.25) is 0 Å². The molecule has 7 heteroatoms. The Bertz CT molecular complexity index is 670. The van der Waals surface area contributed by atoms with Crippen molar-refractivity contribution in [3.63, 3.8) is 0 Å². The largest absolute Gasteiger partial charge is 0.497 e. The quantitative estimate of drug-likeness (QED) is 0.825. The van der Waals surface area contributed by atoms with E-state index in [0.717, 1.165) is 5.39 Å². The highest BCUT2D eigenvalue weighted by molar-refractivity contribution is 5.95. The number of aliphatic carboxylic acids is 2. The third kappa shape index (κ3) is 3.38. The van der Waals surface area contributed by atoms with Gasteiger partial charge in [-0.15, -0.1) is 0 Å². The van der Waals surface area contributed by atoms with E-state index in [4.69, 9.17) is 14.9 Å². The molecule has 0 spiro atoms. The molecule has 1 heterocycles. The van der Waals surface area contributed by atoms with Gasteiger partial charge in [0.05, 0.1) is 18.3 Å². The van der Waals surface area contributed by atoms with Crippen molar-refractivity contribution in [1.29, 1.82) is 0 Å². The number of nitrogens with zero attached hydrogens (tertiary/aromatic N) is 2. The van der Waals surface area contributed by atoms with Crippen LogP contribution in [0.4, 0.5) is 5.69 Å². The lowest BCUT2D eigenvalue weighted by atomic mass is 10.1. The number of benzene rings is 1. The molecule has 0 amide bonds. The molecule has 7 nitrogen and oxygen atoms in total. The van der Waals surface area contributed by atoms with Gasteiger partial charge in [-0.05, 0) is 12.1 Å². The average Bonchev–Trinajstić information content (AvgIpc) is 2.44. The summed E-state index contributed by atoms with van der Waals surface area (Å²) >= 11 is 0. The maximum absolute atomic E-state index is 11.0. The standard InChI is InChI=1S/C14H14N2O5/c1-21-10-5-9-3-2-4-15-14(9)11(6-10)16(7-12(17)18)8-13(19)20/h2-6H,7-8H2,1H3,(H,17,18)(H,19,20). The molecule has 1 aromatic carbocycles. The monoisotopic (exact) mass is 290 g/mol. The molecule has 0 fully saturated rings. The van der Waals surface area contributed by atoms with Crippen molar-refractivity contribution in [2.24, 2.45) is 0 Å². The van der Waals surface area contributed by atoms with E-state index in [1.165, 1.54) is 12.0 Å². The highest BCUT2D eigenvalue weighted by Crippen LogP contribution is 2.30. The Hall–Kier alpha value is -2.83. The summed E-state index contributed by atoms with van der Waals surface area (Å²) < 4.78 is 5.17. The van der Waals surface area contributed by atoms with Crippen LogP contribution >= 0.6 is 0 Å². The third-order valence-electron chi connectivity index (χ3n) is 2.89. The van der Waals surface area contributed by atoms with Gasteiger partial charge in [-0.2, -0.15) is 0 Å².